The van der Waals surface area contributed by atoms with Crippen molar-refractivity contribution in [3.63, 3.8) is 0 Å². The molecule has 0 spiro atoms. The Morgan fingerprint density at radius 3 is 2.85 bits per heavy atom. The summed E-state index contributed by atoms with van der Waals surface area (Å²) >= 11 is 0. The molecule has 4 rings (SSSR count). The molecule has 8 nitrogen and oxygen atoms in total. The van der Waals surface area contributed by atoms with Crippen molar-refractivity contribution in [2.24, 2.45) is 0 Å². The average molecular weight is 470 g/mol. The first-order chi connectivity index (χ1) is 16.3. The lowest BCUT2D eigenvalue weighted by Gasteiger charge is -2.32. The zero-order valence-corrected chi connectivity index (χ0v) is 19.0. The van der Waals surface area contributed by atoms with Crippen LogP contribution < -0.4 is 10.1 Å². The molecule has 2 aliphatic rings. The number of ether oxygens (including phenoxy) is 1. The number of carbonyl (C=O) groups excluding carboxylic acids is 2. The summed E-state index contributed by atoms with van der Waals surface area (Å²) in [4.78, 5) is 39.4. The number of carboxylic acids is 1. The first-order valence-corrected chi connectivity index (χ1v) is 11.3. The number of aliphatic carboxylic acids is 1. The van der Waals surface area contributed by atoms with Crippen molar-refractivity contribution in [2.75, 3.05) is 38.6 Å². The number of amides is 2. The van der Waals surface area contributed by atoms with Gasteiger partial charge in [-0.15, -0.1) is 0 Å². The number of halogens is 1. The van der Waals surface area contributed by atoms with E-state index in [0.717, 1.165) is 22.4 Å². The molecular weight excluding hydrogens is 441 g/mol. The highest BCUT2D eigenvalue weighted by atomic mass is 19.1. The predicted molar refractivity (Wildman–Crippen MR) is 124 cm³/mol. The van der Waals surface area contributed by atoms with Gasteiger partial charge >= 0.3 is 5.97 Å². The van der Waals surface area contributed by atoms with Gasteiger partial charge in [0.25, 0.3) is 0 Å². The molecule has 2 N–H and O–H groups in total. The molecule has 9 heteroatoms. The molecule has 0 radical (unpaired) electrons. The zero-order valence-electron chi connectivity index (χ0n) is 19.0. The van der Waals surface area contributed by atoms with Gasteiger partial charge in [-0.2, -0.15) is 0 Å². The van der Waals surface area contributed by atoms with E-state index in [1.807, 2.05) is 29.2 Å². The third kappa shape index (κ3) is 5.72. The monoisotopic (exact) mass is 469 g/mol. The van der Waals surface area contributed by atoms with Gasteiger partial charge < -0.3 is 20.1 Å². The number of likely N-dealkylation sites (N-methyl/N-ethyl adjacent to an activating group) is 1. The van der Waals surface area contributed by atoms with E-state index >= 15 is 0 Å². The maximum Gasteiger partial charge on any atom is 0.341 e. The first-order valence-electron chi connectivity index (χ1n) is 11.3. The number of nitrogens with zero attached hydrogens (tertiary/aromatic N) is 2. The van der Waals surface area contributed by atoms with Gasteiger partial charge in [0, 0.05) is 32.4 Å². The molecule has 34 heavy (non-hydrogen) atoms. The Labute approximate surface area is 197 Å². The van der Waals surface area contributed by atoms with Gasteiger partial charge in [0.15, 0.2) is 6.61 Å². The summed E-state index contributed by atoms with van der Waals surface area (Å²) in [5, 5.41) is 11.7. The minimum absolute atomic E-state index is 0.0579. The third-order valence-electron chi connectivity index (χ3n) is 6.27. The Morgan fingerprint density at radius 1 is 1.29 bits per heavy atom. The van der Waals surface area contributed by atoms with Crippen LogP contribution in [0.5, 0.6) is 5.75 Å². The molecule has 0 saturated carbocycles. The number of hydrogen-bond acceptors (Lipinski definition) is 5. The van der Waals surface area contributed by atoms with Crippen LogP contribution in [-0.2, 0) is 27.2 Å². The largest absolute Gasteiger partial charge is 0.482 e. The molecule has 180 valence electrons. The van der Waals surface area contributed by atoms with Gasteiger partial charge in [-0.1, -0.05) is 24.3 Å². The minimum Gasteiger partial charge on any atom is -0.482 e. The molecule has 0 unspecified atom stereocenters. The summed E-state index contributed by atoms with van der Waals surface area (Å²) in [5.74, 6) is -0.865. The number of hydrogen-bond donors (Lipinski definition) is 2. The summed E-state index contributed by atoms with van der Waals surface area (Å²) in [7, 11) is 1.72. The van der Waals surface area contributed by atoms with Crippen LogP contribution in [0.2, 0.25) is 0 Å². The molecule has 2 aliphatic heterocycles. The first kappa shape index (κ1) is 23.7. The third-order valence-corrected chi connectivity index (χ3v) is 6.27. The van der Waals surface area contributed by atoms with E-state index in [9.17, 15) is 18.8 Å². The van der Waals surface area contributed by atoms with Crippen LogP contribution in [-0.4, -0.2) is 72.2 Å². The van der Waals surface area contributed by atoms with E-state index in [1.54, 1.807) is 30.1 Å². The summed E-state index contributed by atoms with van der Waals surface area (Å²) in [6.07, 6.45) is 0.0786. The molecule has 0 bridgehead atoms. The van der Waals surface area contributed by atoms with Crippen molar-refractivity contribution < 1.29 is 28.6 Å². The summed E-state index contributed by atoms with van der Waals surface area (Å²) in [6, 6.07) is 12.2. The quantitative estimate of drug-likeness (QED) is 0.585. The van der Waals surface area contributed by atoms with Crippen molar-refractivity contribution in [1.82, 2.24) is 9.80 Å². The second kappa shape index (κ2) is 10.2. The van der Waals surface area contributed by atoms with E-state index in [-0.39, 0.29) is 24.3 Å². The van der Waals surface area contributed by atoms with Crippen LogP contribution in [0.25, 0.3) is 0 Å². The van der Waals surface area contributed by atoms with Crippen molar-refractivity contribution in [2.45, 2.75) is 31.5 Å². The highest BCUT2D eigenvalue weighted by molar-refractivity contribution is 5.99. The van der Waals surface area contributed by atoms with E-state index in [0.29, 0.717) is 38.2 Å². The average Bonchev–Trinajstić information content (AvgIpc) is 3.39. The second-order valence-corrected chi connectivity index (χ2v) is 8.81. The number of carbonyl (C=O) groups is 3. The van der Waals surface area contributed by atoms with Crippen molar-refractivity contribution in [3.8, 4) is 5.75 Å². The molecule has 0 aromatic heterocycles. The maximum absolute atomic E-state index is 13.8. The standard InChI is InChI=1S/C25H28FN3O5/c1-28(24(31)10-16-5-6-17-12-23(30)27-21(17)9-16)22(14-29-8-7-19(26)13-29)18-3-2-4-20(11-18)34-15-25(32)33/h2-6,9,11,19,22H,7-8,10,12-15H2,1H3,(H,27,30)(H,32,33)/t19-,22+/m0/s1. The highest BCUT2D eigenvalue weighted by Gasteiger charge is 2.29. The molecule has 2 heterocycles. The summed E-state index contributed by atoms with van der Waals surface area (Å²) in [5.41, 5.74) is 3.23. The summed E-state index contributed by atoms with van der Waals surface area (Å²) < 4.78 is 19.1. The molecule has 2 atom stereocenters. The molecule has 2 aromatic rings. The van der Waals surface area contributed by atoms with E-state index in [1.165, 1.54) is 0 Å². The van der Waals surface area contributed by atoms with Crippen LogP contribution >= 0.6 is 0 Å². The fraction of sp³-hybridized carbons (Fsp3) is 0.400. The van der Waals surface area contributed by atoms with Gasteiger partial charge in [-0.3, -0.25) is 14.5 Å². The molecule has 1 fully saturated rings. The van der Waals surface area contributed by atoms with E-state index < -0.39 is 18.7 Å². The second-order valence-electron chi connectivity index (χ2n) is 8.81. The van der Waals surface area contributed by atoms with Crippen LogP contribution in [0.1, 0.15) is 29.2 Å². The lowest BCUT2D eigenvalue weighted by molar-refractivity contribution is -0.139. The van der Waals surface area contributed by atoms with Crippen molar-refractivity contribution >= 4 is 23.5 Å². The Hall–Kier alpha value is -3.46. The Kier molecular flexibility index (Phi) is 7.12. The summed E-state index contributed by atoms with van der Waals surface area (Å²) in [6.45, 7) is 0.913. The maximum atomic E-state index is 13.8. The van der Waals surface area contributed by atoms with Crippen molar-refractivity contribution in [1.29, 1.82) is 0 Å². The van der Waals surface area contributed by atoms with Gasteiger partial charge in [-0.05, 0) is 41.3 Å². The number of nitrogens with one attached hydrogen (secondary N) is 1. The number of carboxylic acid groups (broad SMARTS) is 1. The SMILES string of the molecule is CN(C(=O)Cc1ccc2c(c1)NC(=O)C2)[C@H](CN1CC[C@H](F)C1)c1cccc(OCC(=O)O)c1. The fourth-order valence-electron chi connectivity index (χ4n) is 4.45. The van der Waals surface area contributed by atoms with Gasteiger partial charge in [0.05, 0.1) is 18.9 Å². The molecule has 1 saturated heterocycles. The molecule has 2 aromatic carbocycles. The van der Waals surface area contributed by atoms with Crippen molar-refractivity contribution in [3.05, 3.63) is 59.2 Å². The normalized spacial score (nSPS) is 18.3. The predicted octanol–water partition coefficient (Wildman–Crippen LogP) is 2.43. The van der Waals surface area contributed by atoms with Gasteiger partial charge in [0.1, 0.15) is 11.9 Å². The van der Waals surface area contributed by atoms with Crippen LogP contribution in [0.4, 0.5) is 10.1 Å². The van der Waals surface area contributed by atoms with Crippen LogP contribution in [0.15, 0.2) is 42.5 Å². The van der Waals surface area contributed by atoms with Crippen LogP contribution in [0.3, 0.4) is 0 Å². The number of anilines is 1. The van der Waals surface area contributed by atoms with E-state index in [4.69, 9.17) is 9.84 Å². The number of rotatable bonds is 9. The Bertz CT molecular complexity index is 1090. The lowest BCUT2D eigenvalue weighted by atomic mass is 10.0. The Morgan fingerprint density at radius 2 is 2.12 bits per heavy atom. The molecule has 2 amide bonds. The molecular formula is C25H28FN3O5. The smallest absolute Gasteiger partial charge is 0.341 e. The fourth-order valence-corrected chi connectivity index (χ4v) is 4.45. The number of likely N-dealkylation sites (tertiary alicyclic amines) is 1. The lowest BCUT2D eigenvalue weighted by Crippen LogP contribution is -2.39. The zero-order chi connectivity index (χ0) is 24.2. The van der Waals surface area contributed by atoms with E-state index in [2.05, 4.69) is 5.32 Å². The molecule has 0 aliphatic carbocycles. The van der Waals surface area contributed by atoms with Gasteiger partial charge in [0.2, 0.25) is 11.8 Å². The minimum atomic E-state index is -1.08. The van der Waals surface area contributed by atoms with Crippen LogP contribution in [0, 0.1) is 0 Å². The van der Waals surface area contributed by atoms with Gasteiger partial charge in [-0.25, -0.2) is 9.18 Å². The number of benzene rings is 2. The highest BCUT2D eigenvalue weighted by Crippen LogP contribution is 2.28. The number of fused-ring (bicyclic) bond motifs is 1. The number of alkyl halides is 1. The topological polar surface area (TPSA) is 99.2 Å². The Balaban J connectivity index is 1.52.